The molecule has 0 heterocycles. The number of sulfonamides is 1. The molecule has 1 fully saturated rings. The van der Waals surface area contributed by atoms with Crippen molar-refractivity contribution in [3.8, 4) is 0 Å². The molecule has 222 valence electrons. The predicted molar refractivity (Wildman–Crippen MR) is 161 cm³/mol. The maximum absolute atomic E-state index is 14.1. The van der Waals surface area contributed by atoms with Crippen molar-refractivity contribution in [1.29, 1.82) is 0 Å². The van der Waals surface area contributed by atoms with E-state index in [1.165, 1.54) is 35.2 Å². The molecular weight excluding hydrogens is 580 g/mol. The average molecular weight is 613 g/mol. The minimum Gasteiger partial charge on any atom is -0.352 e. The number of nitrogens with zero attached hydrogens (tertiary/aromatic N) is 3. The summed E-state index contributed by atoms with van der Waals surface area (Å²) in [4.78, 5) is 39.8. The number of benzene rings is 3. The molecule has 42 heavy (non-hydrogen) atoms. The Kier molecular flexibility index (Phi) is 10.2. The number of halogens is 1. The molecule has 2 amide bonds. The van der Waals surface area contributed by atoms with Crippen molar-refractivity contribution in [1.82, 2.24) is 10.2 Å². The Bertz CT molecular complexity index is 1530. The van der Waals surface area contributed by atoms with Gasteiger partial charge in [-0.2, -0.15) is 0 Å². The minimum atomic E-state index is -4.34. The lowest BCUT2D eigenvalue weighted by atomic mass is 10.1. The van der Waals surface area contributed by atoms with E-state index in [4.69, 9.17) is 11.6 Å². The normalized spacial score (nSPS) is 14.2. The predicted octanol–water partition coefficient (Wildman–Crippen LogP) is 5.31. The average Bonchev–Trinajstić information content (AvgIpc) is 3.50. The number of anilines is 1. The van der Waals surface area contributed by atoms with Crippen LogP contribution in [-0.4, -0.2) is 48.7 Å². The second-order valence-corrected chi connectivity index (χ2v) is 12.4. The fraction of sp³-hybridized carbons (Fsp3) is 0.333. The third kappa shape index (κ3) is 7.27. The highest BCUT2D eigenvalue weighted by Gasteiger charge is 2.35. The molecule has 3 aromatic rings. The van der Waals surface area contributed by atoms with Crippen molar-refractivity contribution < 1.29 is 22.9 Å². The zero-order chi connectivity index (χ0) is 30.3. The molecule has 1 aliphatic rings. The van der Waals surface area contributed by atoms with Gasteiger partial charge in [-0.25, -0.2) is 8.42 Å². The van der Waals surface area contributed by atoms with Gasteiger partial charge in [-0.05, 0) is 49.1 Å². The van der Waals surface area contributed by atoms with Crippen LogP contribution in [-0.2, 0) is 26.2 Å². The number of nitrogens with one attached hydrogen (secondary N) is 1. The van der Waals surface area contributed by atoms with E-state index in [1.807, 2.05) is 0 Å². The van der Waals surface area contributed by atoms with Gasteiger partial charge in [0.25, 0.3) is 15.7 Å². The van der Waals surface area contributed by atoms with Gasteiger partial charge in [-0.3, -0.25) is 24.0 Å². The topological polar surface area (TPSA) is 130 Å². The number of hydrogen-bond donors (Lipinski definition) is 1. The Balaban J connectivity index is 1.75. The zero-order valence-corrected chi connectivity index (χ0v) is 24.8. The fourth-order valence-corrected chi connectivity index (χ4v) is 6.73. The molecule has 0 aliphatic heterocycles. The van der Waals surface area contributed by atoms with E-state index in [9.17, 15) is 28.1 Å². The van der Waals surface area contributed by atoms with Crippen LogP contribution in [0.1, 0.15) is 44.6 Å². The van der Waals surface area contributed by atoms with E-state index in [0.717, 1.165) is 36.1 Å². The van der Waals surface area contributed by atoms with Crippen molar-refractivity contribution in [2.24, 2.45) is 0 Å². The molecule has 1 atom stereocenters. The van der Waals surface area contributed by atoms with Crippen LogP contribution >= 0.6 is 11.6 Å². The molecule has 1 saturated carbocycles. The van der Waals surface area contributed by atoms with Crippen LogP contribution in [0.4, 0.5) is 11.4 Å². The monoisotopic (exact) mass is 612 g/mol. The van der Waals surface area contributed by atoms with Crippen LogP contribution < -0.4 is 9.62 Å². The van der Waals surface area contributed by atoms with E-state index < -0.39 is 33.4 Å². The van der Waals surface area contributed by atoms with Crippen molar-refractivity contribution >= 4 is 44.8 Å². The molecule has 0 saturated heterocycles. The van der Waals surface area contributed by atoms with Crippen molar-refractivity contribution in [2.45, 2.75) is 62.6 Å². The summed E-state index contributed by atoms with van der Waals surface area (Å²) in [7, 11) is -4.34. The number of hydrogen-bond acceptors (Lipinski definition) is 6. The van der Waals surface area contributed by atoms with Crippen LogP contribution in [0, 0.1) is 10.1 Å². The van der Waals surface area contributed by atoms with Gasteiger partial charge in [0, 0.05) is 29.7 Å². The summed E-state index contributed by atoms with van der Waals surface area (Å²) in [6, 6.07) is 18.7. The Hall–Kier alpha value is -3.96. The summed E-state index contributed by atoms with van der Waals surface area (Å²) < 4.78 is 28.6. The second-order valence-electron chi connectivity index (χ2n) is 10.1. The standard InChI is InChI=1S/C30H33ClN4O6S/c1-2-28(30(37)32-23-12-7-8-13-23)33(20-22-11-6-9-18-27(22)31)29(36)21-34(24-14-10-15-25(19-24)35(38)39)42(40,41)26-16-4-3-5-17-26/h3-6,9-11,14-19,23,28H,2,7-8,12-13,20-21H2,1H3,(H,32,37)/t28-/m1/s1. The molecule has 0 radical (unpaired) electrons. The summed E-state index contributed by atoms with van der Waals surface area (Å²) in [5.74, 6) is -0.980. The summed E-state index contributed by atoms with van der Waals surface area (Å²) in [6.45, 7) is 1.05. The summed E-state index contributed by atoms with van der Waals surface area (Å²) in [6.07, 6.45) is 4.02. The first-order valence-electron chi connectivity index (χ1n) is 13.8. The largest absolute Gasteiger partial charge is 0.352 e. The number of carbonyl (C=O) groups excluding carboxylic acids is 2. The van der Waals surface area contributed by atoms with Gasteiger partial charge >= 0.3 is 0 Å². The maximum atomic E-state index is 14.1. The van der Waals surface area contributed by atoms with Crippen molar-refractivity contribution in [3.63, 3.8) is 0 Å². The molecule has 10 nitrogen and oxygen atoms in total. The lowest BCUT2D eigenvalue weighted by Crippen LogP contribution is -2.53. The summed E-state index contributed by atoms with van der Waals surface area (Å²) in [5, 5.41) is 15.0. The zero-order valence-electron chi connectivity index (χ0n) is 23.2. The van der Waals surface area contributed by atoms with Gasteiger partial charge in [0.1, 0.15) is 12.6 Å². The van der Waals surface area contributed by atoms with Gasteiger partial charge in [0.05, 0.1) is 15.5 Å². The number of carbonyl (C=O) groups is 2. The highest BCUT2D eigenvalue weighted by molar-refractivity contribution is 7.92. The third-order valence-electron chi connectivity index (χ3n) is 7.32. The molecule has 0 unspecified atom stereocenters. The SMILES string of the molecule is CC[C@H](C(=O)NC1CCCC1)N(Cc1ccccc1Cl)C(=O)CN(c1cccc([N+](=O)[O-])c1)S(=O)(=O)c1ccccc1. The van der Waals surface area contributed by atoms with Gasteiger partial charge in [-0.1, -0.05) is 73.8 Å². The Morgan fingerprint density at radius 3 is 2.33 bits per heavy atom. The summed E-state index contributed by atoms with van der Waals surface area (Å²) in [5.41, 5.74) is 0.207. The Morgan fingerprint density at radius 1 is 1.02 bits per heavy atom. The van der Waals surface area contributed by atoms with Gasteiger partial charge in [0.2, 0.25) is 11.8 Å². The molecule has 0 bridgehead atoms. The third-order valence-corrected chi connectivity index (χ3v) is 9.48. The van der Waals surface area contributed by atoms with E-state index in [2.05, 4.69) is 5.32 Å². The van der Waals surface area contributed by atoms with Crippen LogP contribution in [0.3, 0.4) is 0 Å². The molecule has 1 N–H and O–H groups in total. The van der Waals surface area contributed by atoms with Gasteiger partial charge in [-0.15, -0.1) is 0 Å². The van der Waals surface area contributed by atoms with E-state index in [1.54, 1.807) is 49.4 Å². The molecule has 12 heteroatoms. The molecule has 1 aliphatic carbocycles. The lowest BCUT2D eigenvalue weighted by Gasteiger charge is -2.34. The number of rotatable bonds is 12. The van der Waals surface area contributed by atoms with Gasteiger partial charge in [0.15, 0.2) is 0 Å². The van der Waals surface area contributed by atoms with Crippen LogP contribution in [0.15, 0.2) is 83.8 Å². The Labute approximate surface area is 250 Å². The highest BCUT2D eigenvalue weighted by atomic mass is 35.5. The molecule has 0 aromatic heterocycles. The van der Waals surface area contributed by atoms with Crippen molar-refractivity contribution in [3.05, 3.63) is 99.6 Å². The first-order chi connectivity index (χ1) is 20.1. The number of nitro groups is 1. The summed E-state index contributed by atoms with van der Waals surface area (Å²) >= 11 is 6.43. The molecule has 4 rings (SSSR count). The van der Waals surface area contributed by atoms with E-state index in [0.29, 0.717) is 10.6 Å². The number of amides is 2. The van der Waals surface area contributed by atoms with E-state index >= 15 is 0 Å². The molecular formula is C30H33ClN4O6S. The van der Waals surface area contributed by atoms with E-state index in [-0.39, 0.29) is 41.2 Å². The lowest BCUT2D eigenvalue weighted by molar-refractivity contribution is -0.384. The smallest absolute Gasteiger partial charge is 0.271 e. The fourth-order valence-electron chi connectivity index (χ4n) is 5.11. The maximum Gasteiger partial charge on any atom is 0.271 e. The first-order valence-corrected chi connectivity index (χ1v) is 15.6. The quantitative estimate of drug-likeness (QED) is 0.218. The van der Waals surface area contributed by atoms with Crippen LogP contribution in [0.2, 0.25) is 5.02 Å². The number of nitro benzene ring substituents is 1. The second kappa shape index (κ2) is 13.8. The van der Waals surface area contributed by atoms with Crippen LogP contribution in [0.5, 0.6) is 0 Å². The molecule has 0 spiro atoms. The van der Waals surface area contributed by atoms with Crippen LogP contribution in [0.25, 0.3) is 0 Å². The minimum absolute atomic E-state index is 0.0173. The number of non-ortho nitro benzene ring substituents is 1. The first kappa shape index (κ1) is 31.0. The highest BCUT2D eigenvalue weighted by Crippen LogP contribution is 2.28. The molecule has 3 aromatic carbocycles. The van der Waals surface area contributed by atoms with Gasteiger partial charge < -0.3 is 10.2 Å². The Morgan fingerprint density at radius 2 is 1.69 bits per heavy atom. The van der Waals surface area contributed by atoms with Crippen molar-refractivity contribution in [2.75, 3.05) is 10.8 Å².